The van der Waals surface area contributed by atoms with E-state index < -0.39 is 42.3 Å². The van der Waals surface area contributed by atoms with Gasteiger partial charge in [-0.3, -0.25) is 9.63 Å². The van der Waals surface area contributed by atoms with Crippen LogP contribution in [0, 0.1) is 6.92 Å². The van der Waals surface area contributed by atoms with Crippen LogP contribution in [0.15, 0.2) is 24.3 Å². The van der Waals surface area contributed by atoms with E-state index in [2.05, 4.69) is 5.32 Å². The highest BCUT2D eigenvalue weighted by molar-refractivity contribution is 5.91. The van der Waals surface area contributed by atoms with Crippen molar-refractivity contribution in [1.82, 2.24) is 10.4 Å². The van der Waals surface area contributed by atoms with Gasteiger partial charge in [0.25, 0.3) is 5.91 Å². The summed E-state index contributed by atoms with van der Waals surface area (Å²) >= 11 is 0. The van der Waals surface area contributed by atoms with Crippen molar-refractivity contribution in [3.05, 3.63) is 29.8 Å². The summed E-state index contributed by atoms with van der Waals surface area (Å²) in [5.74, 6) is -0.636. The second kappa shape index (κ2) is 7.74. The van der Waals surface area contributed by atoms with Crippen LogP contribution in [0.1, 0.15) is 33.3 Å². The lowest BCUT2D eigenvalue weighted by Gasteiger charge is -2.43. The Balaban J connectivity index is 1.79. The Kier molecular flexibility index (Phi) is 5.86. The van der Waals surface area contributed by atoms with Gasteiger partial charge in [-0.2, -0.15) is 0 Å². The Bertz CT molecular complexity index is 697. The molecular weight excluding hydrogens is 340 g/mol. The molecule has 2 rings (SSSR count). The summed E-state index contributed by atoms with van der Waals surface area (Å²) in [6.45, 7) is 8.29. The molecule has 0 aromatic heterocycles. The van der Waals surface area contributed by atoms with Crippen molar-refractivity contribution >= 4 is 18.0 Å². The van der Waals surface area contributed by atoms with E-state index in [-0.39, 0.29) is 0 Å². The summed E-state index contributed by atoms with van der Waals surface area (Å²) in [5, 5.41) is 3.53. The van der Waals surface area contributed by atoms with E-state index in [1.54, 1.807) is 39.8 Å². The Hall–Kier alpha value is -2.61. The number of carbonyl (C=O) groups is 3. The van der Waals surface area contributed by atoms with Crippen LogP contribution in [0.25, 0.3) is 0 Å². The molecule has 0 radical (unpaired) electrons. The summed E-state index contributed by atoms with van der Waals surface area (Å²) in [6, 6.07) is 5.90. The van der Waals surface area contributed by atoms with Gasteiger partial charge < -0.3 is 14.8 Å². The number of nitrogens with one attached hydrogen (secondary N) is 1. The van der Waals surface area contributed by atoms with E-state index in [4.69, 9.17) is 14.3 Å². The zero-order chi connectivity index (χ0) is 19.5. The van der Waals surface area contributed by atoms with Crippen LogP contribution < -0.4 is 10.1 Å². The third-order valence-electron chi connectivity index (χ3n) is 3.65. The van der Waals surface area contributed by atoms with Gasteiger partial charge in [0, 0.05) is 0 Å². The van der Waals surface area contributed by atoms with Crippen molar-refractivity contribution < 1.29 is 28.7 Å². The number of hydrogen-bond acceptors (Lipinski definition) is 6. The molecule has 1 N–H and O–H groups in total. The van der Waals surface area contributed by atoms with Crippen molar-refractivity contribution in [2.75, 3.05) is 6.61 Å². The molecule has 1 saturated heterocycles. The van der Waals surface area contributed by atoms with Gasteiger partial charge in [0.1, 0.15) is 17.4 Å². The smallest absolute Gasteiger partial charge is 0.408 e. The van der Waals surface area contributed by atoms with E-state index in [1.807, 2.05) is 19.1 Å². The fourth-order valence-electron chi connectivity index (χ4n) is 2.34. The van der Waals surface area contributed by atoms with Crippen LogP contribution in [-0.4, -0.2) is 47.3 Å². The maximum absolute atomic E-state index is 12.1. The fraction of sp³-hybridized carbons (Fsp3) is 0.500. The number of ether oxygens (including phenoxy) is 2. The minimum atomic E-state index is -0.753. The van der Waals surface area contributed by atoms with E-state index in [9.17, 15) is 14.4 Å². The van der Waals surface area contributed by atoms with Gasteiger partial charge in [-0.25, -0.2) is 14.7 Å². The molecule has 1 aliphatic heterocycles. The van der Waals surface area contributed by atoms with Crippen LogP contribution in [0.2, 0.25) is 0 Å². The number of nitrogens with zero attached hydrogens (tertiary/aromatic N) is 1. The number of alkyl carbamates (subject to hydrolysis) is 1. The quantitative estimate of drug-likeness (QED) is 0.488. The minimum Gasteiger partial charge on any atom is -0.444 e. The second-order valence-electron chi connectivity index (χ2n) is 7.04. The van der Waals surface area contributed by atoms with Gasteiger partial charge in [0.2, 0.25) is 0 Å². The maximum atomic E-state index is 12.1. The Morgan fingerprint density at radius 1 is 1.23 bits per heavy atom. The van der Waals surface area contributed by atoms with Gasteiger partial charge in [0.05, 0.1) is 6.04 Å². The first-order valence-corrected chi connectivity index (χ1v) is 8.30. The van der Waals surface area contributed by atoms with Gasteiger partial charge in [-0.1, -0.05) is 18.2 Å². The van der Waals surface area contributed by atoms with Crippen molar-refractivity contribution in [1.29, 1.82) is 0 Å². The number of β-lactam (4-membered cyclic amide) rings is 1. The lowest BCUT2D eigenvalue weighted by Crippen LogP contribution is -2.69. The van der Waals surface area contributed by atoms with Crippen molar-refractivity contribution in [2.24, 2.45) is 0 Å². The number of hydrogen-bond donors (Lipinski definition) is 1. The molecule has 1 aromatic carbocycles. The molecule has 8 heteroatoms. The topological polar surface area (TPSA) is 94.2 Å². The molecule has 1 aromatic rings. The lowest BCUT2D eigenvalue weighted by molar-refractivity contribution is -0.232. The van der Waals surface area contributed by atoms with E-state index in [1.165, 1.54) is 0 Å². The number of esters is 1. The molecule has 2 atom stereocenters. The molecule has 0 unspecified atom stereocenters. The van der Waals surface area contributed by atoms with Crippen LogP contribution in [-0.2, 0) is 19.2 Å². The van der Waals surface area contributed by atoms with Crippen LogP contribution in [0.5, 0.6) is 5.75 Å². The molecule has 1 fully saturated rings. The first-order chi connectivity index (χ1) is 12.1. The van der Waals surface area contributed by atoms with Crippen LogP contribution in [0.4, 0.5) is 4.79 Å². The number of para-hydroxylation sites is 1. The maximum Gasteiger partial charge on any atom is 0.408 e. The SMILES string of the molecule is Cc1ccccc1OC(=O)CON1C(=O)[C@@H](NC(=O)OC(C)(C)C)[C@@H]1C. The summed E-state index contributed by atoms with van der Waals surface area (Å²) in [6.07, 6.45) is -0.679. The number of carbonyl (C=O) groups excluding carboxylic acids is 3. The molecule has 2 amide bonds. The largest absolute Gasteiger partial charge is 0.444 e. The second-order valence-corrected chi connectivity index (χ2v) is 7.04. The summed E-state index contributed by atoms with van der Waals surface area (Å²) in [7, 11) is 0. The fourth-order valence-corrected chi connectivity index (χ4v) is 2.34. The predicted octanol–water partition coefficient (Wildman–Crippen LogP) is 1.96. The average Bonchev–Trinajstić information content (AvgIpc) is 2.53. The standard InChI is InChI=1S/C18H24N2O6/c1-11-8-6-7-9-13(11)25-14(21)10-24-20-12(2)15(16(20)22)19-17(23)26-18(3,4)5/h6-9,12,15H,10H2,1-5H3,(H,19,23)/t12-,15-/m0/s1. The van der Waals surface area contributed by atoms with Gasteiger partial charge in [-0.15, -0.1) is 0 Å². The van der Waals surface area contributed by atoms with E-state index in [0.29, 0.717) is 5.75 Å². The van der Waals surface area contributed by atoms with Crippen molar-refractivity contribution in [2.45, 2.75) is 52.3 Å². The number of hydroxylamine groups is 2. The highest BCUT2D eigenvalue weighted by atomic mass is 16.7. The highest BCUT2D eigenvalue weighted by Gasteiger charge is 2.47. The highest BCUT2D eigenvalue weighted by Crippen LogP contribution is 2.21. The van der Waals surface area contributed by atoms with E-state index in [0.717, 1.165) is 10.6 Å². The van der Waals surface area contributed by atoms with Gasteiger partial charge in [0.15, 0.2) is 6.61 Å². The molecule has 0 saturated carbocycles. The molecule has 142 valence electrons. The molecule has 8 nitrogen and oxygen atoms in total. The van der Waals surface area contributed by atoms with Gasteiger partial charge >= 0.3 is 12.1 Å². The summed E-state index contributed by atoms with van der Waals surface area (Å²) < 4.78 is 10.3. The Labute approximate surface area is 152 Å². The molecule has 0 aliphatic carbocycles. The molecule has 0 bridgehead atoms. The van der Waals surface area contributed by atoms with Gasteiger partial charge in [-0.05, 0) is 46.2 Å². The summed E-state index contributed by atoms with van der Waals surface area (Å²) in [4.78, 5) is 40.9. The third-order valence-corrected chi connectivity index (χ3v) is 3.65. The molecule has 26 heavy (non-hydrogen) atoms. The zero-order valence-corrected chi connectivity index (χ0v) is 15.6. The van der Waals surface area contributed by atoms with Crippen molar-refractivity contribution in [3.8, 4) is 5.75 Å². The molecule has 1 heterocycles. The first-order valence-electron chi connectivity index (χ1n) is 8.30. The van der Waals surface area contributed by atoms with Crippen LogP contribution >= 0.6 is 0 Å². The number of amides is 2. The zero-order valence-electron chi connectivity index (χ0n) is 15.6. The predicted molar refractivity (Wildman–Crippen MR) is 92.2 cm³/mol. The normalized spacial score (nSPS) is 19.6. The number of benzene rings is 1. The Morgan fingerprint density at radius 2 is 1.88 bits per heavy atom. The molecule has 0 spiro atoms. The van der Waals surface area contributed by atoms with E-state index >= 15 is 0 Å². The number of aryl methyl sites for hydroxylation is 1. The molecule has 1 aliphatic rings. The first kappa shape index (κ1) is 19.7. The average molecular weight is 364 g/mol. The molecular formula is C18H24N2O6. The Morgan fingerprint density at radius 3 is 2.46 bits per heavy atom. The number of rotatable bonds is 5. The van der Waals surface area contributed by atoms with Crippen molar-refractivity contribution in [3.63, 3.8) is 0 Å². The third kappa shape index (κ3) is 4.95. The minimum absolute atomic E-state index is 0.413. The van der Waals surface area contributed by atoms with Crippen LogP contribution in [0.3, 0.4) is 0 Å². The summed E-state index contributed by atoms with van der Waals surface area (Å²) in [5.41, 5.74) is 0.159. The lowest BCUT2D eigenvalue weighted by atomic mass is 10.0. The monoisotopic (exact) mass is 364 g/mol.